The maximum atomic E-state index is 11.7. The summed E-state index contributed by atoms with van der Waals surface area (Å²) in [5, 5.41) is 2.90. The Morgan fingerprint density at radius 1 is 1.44 bits per heavy atom. The molecule has 0 aliphatic rings. The van der Waals surface area contributed by atoms with Gasteiger partial charge >= 0.3 is 0 Å². The van der Waals surface area contributed by atoms with E-state index >= 15 is 0 Å². The predicted molar refractivity (Wildman–Crippen MR) is 71.3 cm³/mol. The number of thiocarbonyl (C=S) groups is 1. The summed E-state index contributed by atoms with van der Waals surface area (Å²) in [5.74, 6) is 0.629. The van der Waals surface area contributed by atoms with Crippen molar-refractivity contribution in [1.82, 2.24) is 10.2 Å². The Balaban J connectivity index is 3.93. The average Bonchev–Trinajstić information content (AvgIpc) is 2.14. The molecule has 1 atom stereocenters. The van der Waals surface area contributed by atoms with Crippen molar-refractivity contribution < 1.29 is 4.79 Å². The fourth-order valence-electron chi connectivity index (χ4n) is 1.21. The molecule has 3 N–H and O–H groups in total. The monoisotopic (exact) mass is 245 g/mol. The Morgan fingerprint density at radius 2 is 2.00 bits per heavy atom. The van der Waals surface area contributed by atoms with Crippen molar-refractivity contribution in [2.75, 3.05) is 20.1 Å². The van der Waals surface area contributed by atoms with Crippen LogP contribution in [0.2, 0.25) is 0 Å². The minimum absolute atomic E-state index is 0.0272. The quantitative estimate of drug-likeness (QED) is 0.650. The average molecular weight is 245 g/mol. The molecule has 0 bridgehead atoms. The van der Waals surface area contributed by atoms with Gasteiger partial charge in [0.2, 0.25) is 5.91 Å². The normalized spacial score (nSPS) is 12.9. The molecular weight excluding hydrogens is 222 g/mol. The van der Waals surface area contributed by atoms with Crippen LogP contribution in [0.1, 0.15) is 27.2 Å². The number of carbonyl (C=O) groups excluding carboxylic acids is 1. The minimum Gasteiger partial charge on any atom is -0.392 e. The van der Waals surface area contributed by atoms with Gasteiger partial charge in [0, 0.05) is 13.1 Å². The van der Waals surface area contributed by atoms with Crippen LogP contribution in [0, 0.1) is 5.92 Å². The first-order valence-electron chi connectivity index (χ1n) is 5.60. The predicted octanol–water partition coefficient (Wildman–Crippen LogP) is 0.755. The highest BCUT2D eigenvalue weighted by atomic mass is 32.1. The van der Waals surface area contributed by atoms with Gasteiger partial charge in [-0.1, -0.05) is 26.1 Å². The van der Waals surface area contributed by atoms with Gasteiger partial charge in [-0.15, -0.1) is 0 Å². The van der Waals surface area contributed by atoms with E-state index in [0.717, 1.165) is 13.0 Å². The molecule has 0 saturated heterocycles. The standard InChI is InChI=1S/C11H23N3OS/c1-8(2)5-6-13-11(15)9(3)14(4)7-10(12)16/h8-9H,5-7H2,1-4H3,(H2,12,16)(H,13,15). The fourth-order valence-corrected chi connectivity index (χ4v) is 1.42. The largest absolute Gasteiger partial charge is 0.392 e. The SMILES string of the molecule is CC(C)CCNC(=O)C(C)N(C)CC(N)=S. The zero-order valence-corrected chi connectivity index (χ0v) is 11.4. The van der Waals surface area contributed by atoms with E-state index in [1.807, 2.05) is 18.9 Å². The molecule has 0 rings (SSSR count). The van der Waals surface area contributed by atoms with Gasteiger partial charge in [0.25, 0.3) is 0 Å². The first-order chi connectivity index (χ1) is 7.34. The third-order valence-electron chi connectivity index (χ3n) is 2.47. The van der Waals surface area contributed by atoms with Gasteiger partial charge in [0.1, 0.15) is 0 Å². The van der Waals surface area contributed by atoms with Crippen LogP contribution in [0.3, 0.4) is 0 Å². The molecule has 16 heavy (non-hydrogen) atoms. The molecule has 94 valence electrons. The number of amides is 1. The maximum absolute atomic E-state index is 11.7. The molecular formula is C11H23N3OS. The fraction of sp³-hybridized carbons (Fsp3) is 0.818. The lowest BCUT2D eigenvalue weighted by atomic mass is 10.1. The Kier molecular flexibility index (Phi) is 7.25. The van der Waals surface area contributed by atoms with Crippen LogP contribution >= 0.6 is 12.2 Å². The number of rotatable bonds is 7. The van der Waals surface area contributed by atoms with Crippen molar-refractivity contribution in [1.29, 1.82) is 0 Å². The van der Waals surface area contributed by atoms with Gasteiger partial charge in [-0.05, 0) is 26.3 Å². The molecule has 5 heteroatoms. The highest BCUT2D eigenvalue weighted by Crippen LogP contribution is 1.98. The van der Waals surface area contributed by atoms with Crippen LogP contribution in [0.15, 0.2) is 0 Å². The summed E-state index contributed by atoms with van der Waals surface area (Å²) in [6.45, 7) is 7.31. The first-order valence-corrected chi connectivity index (χ1v) is 6.01. The number of carbonyl (C=O) groups is 1. The molecule has 0 radical (unpaired) electrons. The Hall–Kier alpha value is -0.680. The van der Waals surface area contributed by atoms with Crippen LogP contribution in [-0.2, 0) is 4.79 Å². The second-order valence-corrected chi connectivity index (χ2v) is 5.06. The van der Waals surface area contributed by atoms with E-state index in [0.29, 0.717) is 17.5 Å². The summed E-state index contributed by atoms with van der Waals surface area (Å²) in [4.78, 5) is 14.0. The second kappa shape index (κ2) is 7.57. The van der Waals surface area contributed by atoms with Crippen molar-refractivity contribution in [3.05, 3.63) is 0 Å². The van der Waals surface area contributed by atoms with Gasteiger partial charge in [0.15, 0.2) is 0 Å². The van der Waals surface area contributed by atoms with E-state index in [4.69, 9.17) is 18.0 Å². The van der Waals surface area contributed by atoms with Crippen molar-refractivity contribution in [3.63, 3.8) is 0 Å². The van der Waals surface area contributed by atoms with Crippen molar-refractivity contribution in [3.8, 4) is 0 Å². The number of hydrogen-bond donors (Lipinski definition) is 2. The topological polar surface area (TPSA) is 58.4 Å². The maximum Gasteiger partial charge on any atom is 0.237 e. The Morgan fingerprint density at radius 3 is 2.44 bits per heavy atom. The van der Waals surface area contributed by atoms with E-state index in [2.05, 4.69) is 19.2 Å². The van der Waals surface area contributed by atoms with Crippen LogP contribution in [0.5, 0.6) is 0 Å². The van der Waals surface area contributed by atoms with Crippen LogP contribution in [0.4, 0.5) is 0 Å². The zero-order valence-electron chi connectivity index (χ0n) is 10.6. The number of nitrogens with two attached hydrogens (primary N) is 1. The molecule has 0 heterocycles. The molecule has 0 fully saturated rings. The lowest BCUT2D eigenvalue weighted by Crippen LogP contribution is -2.46. The van der Waals surface area contributed by atoms with Gasteiger partial charge in [-0.3, -0.25) is 9.69 Å². The van der Waals surface area contributed by atoms with Crippen LogP contribution in [0.25, 0.3) is 0 Å². The molecule has 0 aromatic carbocycles. The second-order valence-electron chi connectivity index (χ2n) is 4.53. The van der Waals surface area contributed by atoms with Crippen molar-refractivity contribution in [2.24, 2.45) is 11.7 Å². The summed E-state index contributed by atoms with van der Waals surface area (Å²) in [7, 11) is 1.84. The van der Waals surface area contributed by atoms with E-state index in [9.17, 15) is 4.79 Å². The smallest absolute Gasteiger partial charge is 0.237 e. The molecule has 4 nitrogen and oxygen atoms in total. The third kappa shape index (κ3) is 6.74. The van der Waals surface area contributed by atoms with E-state index in [1.54, 1.807) is 0 Å². The van der Waals surface area contributed by atoms with Gasteiger partial charge < -0.3 is 11.1 Å². The molecule has 0 aliphatic carbocycles. The van der Waals surface area contributed by atoms with Crippen molar-refractivity contribution >= 4 is 23.1 Å². The molecule has 0 aromatic rings. The molecule has 1 amide bonds. The third-order valence-corrected chi connectivity index (χ3v) is 2.60. The lowest BCUT2D eigenvalue weighted by Gasteiger charge is -2.23. The number of hydrogen-bond acceptors (Lipinski definition) is 3. The Bertz CT molecular complexity index is 243. The lowest BCUT2D eigenvalue weighted by molar-refractivity contribution is -0.125. The van der Waals surface area contributed by atoms with Gasteiger partial charge in [-0.2, -0.15) is 0 Å². The van der Waals surface area contributed by atoms with Crippen LogP contribution in [-0.4, -0.2) is 42.0 Å². The molecule has 0 aliphatic heterocycles. The zero-order chi connectivity index (χ0) is 12.7. The van der Waals surface area contributed by atoms with E-state index in [-0.39, 0.29) is 11.9 Å². The van der Waals surface area contributed by atoms with E-state index < -0.39 is 0 Å². The minimum atomic E-state index is -0.200. The first kappa shape index (κ1) is 15.3. The van der Waals surface area contributed by atoms with Crippen molar-refractivity contribution in [2.45, 2.75) is 33.2 Å². The van der Waals surface area contributed by atoms with E-state index in [1.165, 1.54) is 0 Å². The number of likely N-dealkylation sites (N-methyl/N-ethyl adjacent to an activating group) is 1. The summed E-state index contributed by atoms with van der Waals surface area (Å²) in [5.41, 5.74) is 5.43. The van der Waals surface area contributed by atoms with Gasteiger partial charge in [-0.25, -0.2) is 0 Å². The summed E-state index contributed by atoms with van der Waals surface area (Å²) in [6.07, 6.45) is 0.997. The molecule has 1 unspecified atom stereocenters. The molecule has 0 aromatic heterocycles. The van der Waals surface area contributed by atoms with Crippen LogP contribution < -0.4 is 11.1 Å². The highest BCUT2D eigenvalue weighted by molar-refractivity contribution is 7.80. The number of nitrogens with zero attached hydrogens (tertiary/aromatic N) is 1. The Labute approximate surface area is 104 Å². The molecule has 0 spiro atoms. The number of nitrogens with one attached hydrogen (secondary N) is 1. The summed E-state index contributed by atoms with van der Waals surface area (Å²) >= 11 is 4.80. The highest BCUT2D eigenvalue weighted by Gasteiger charge is 2.17. The molecule has 0 saturated carbocycles. The summed E-state index contributed by atoms with van der Waals surface area (Å²) < 4.78 is 0. The van der Waals surface area contributed by atoms with Gasteiger partial charge in [0.05, 0.1) is 11.0 Å². The summed E-state index contributed by atoms with van der Waals surface area (Å²) in [6, 6.07) is -0.200.